The number of anilines is 2. The third-order valence-electron chi connectivity index (χ3n) is 3.29. The van der Waals surface area contributed by atoms with E-state index < -0.39 is 0 Å². The van der Waals surface area contributed by atoms with E-state index in [2.05, 4.69) is 10.3 Å². The number of benzene rings is 2. The average Bonchev–Trinajstić information content (AvgIpc) is 2.90. The molecule has 0 saturated carbocycles. The molecule has 0 saturated heterocycles. The molecule has 3 N–H and O–H groups in total. The minimum absolute atomic E-state index is 0.224. The number of nitrogens with zero attached hydrogens (tertiary/aromatic N) is 2. The van der Waals surface area contributed by atoms with Gasteiger partial charge in [-0.2, -0.15) is 0 Å². The largest absolute Gasteiger partial charge is 0.436 e. The molecule has 6 heteroatoms. The zero-order chi connectivity index (χ0) is 15.7. The van der Waals surface area contributed by atoms with Crippen LogP contribution in [-0.4, -0.2) is 24.2 Å². The Hall–Kier alpha value is -2.60. The molecule has 0 aliphatic heterocycles. The van der Waals surface area contributed by atoms with Crippen LogP contribution in [0.4, 0.5) is 11.4 Å². The summed E-state index contributed by atoms with van der Waals surface area (Å²) >= 11 is 4.83. The highest BCUT2D eigenvalue weighted by Gasteiger charge is 2.09. The highest BCUT2D eigenvalue weighted by atomic mass is 32.1. The fourth-order valence-corrected chi connectivity index (χ4v) is 2.29. The maximum absolute atomic E-state index is 5.80. The Bertz CT molecular complexity index is 824. The van der Waals surface area contributed by atoms with Gasteiger partial charge in [0, 0.05) is 31.0 Å². The van der Waals surface area contributed by atoms with Crippen molar-refractivity contribution in [1.82, 2.24) is 4.98 Å². The van der Waals surface area contributed by atoms with Crippen molar-refractivity contribution >= 4 is 39.8 Å². The van der Waals surface area contributed by atoms with Gasteiger partial charge in [0.2, 0.25) is 5.89 Å². The Balaban J connectivity index is 1.95. The molecular weight excluding hydrogens is 296 g/mol. The molecule has 0 radical (unpaired) electrons. The van der Waals surface area contributed by atoms with Crippen molar-refractivity contribution in [2.75, 3.05) is 24.3 Å². The molecule has 0 spiro atoms. The van der Waals surface area contributed by atoms with Crippen molar-refractivity contribution in [2.24, 2.45) is 5.73 Å². The number of nitrogens with two attached hydrogens (primary N) is 1. The first-order chi connectivity index (χ1) is 10.5. The van der Waals surface area contributed by atoms with E-state index in [4.69, 9.17) is 22.4 Å². The second-order valence-corrected chi connectivity index (χ2v) is 5.57. The zero-order valence-corrected chi connectivity index (χ0v) is 13.1. The molecule has 22 heavy (non-hydrogen) atoms. The molecule has 2 aromatic carbocycles. The van der Waals surface area contributed by atoms with E-state index in [9.17, 15) is 0 Å². The maximum Gasteiger partial charge on any atom is 0.227 e. The Morgan fingerprint density at radius 1 is 1.18 bits per heavy atom. The first kappa shape index (κ1) is 14.3. The molecule has 112 valence electrons. The van der Waals surface area contributed by atoms with Crippen molar-refractivity contribution in [3.05, 3.63) is 42.5 Å². The molecule has 0 bridgehead atoms. The molecule has 0 aliphatic rings. The van der Waals surface area contributed by atoms with Crippen LogP contribution < -0.4 is 16.0 Å². The van der Waals surface area contributed by atoms with Gasteiger partial charge in [-0.25, -0.2) is 4.98 Å². The van der Waals surface area contributed by atoms with E-state index >= 15 is 0 Å². The molecule has 0 atom stereocenters. The van der Waals surface area contributed by atoms with Crippen LogP contribution in [0.5, 0.6) is 0 Å². The first-order valence-corrected chi connectivity index (χ1v) is 7.18. The Morgan fingerprint density at radius 3 is 2.55 bits per heavy atom. The molecular formula is C16H16N4OS. The SMILES string of the molecule is CN(C)c1ccc(-c2nc3cc(NC(N)=S)ccc3o2)cc1. The van der Waals surface area contributed by atoms with Gasteiger partial charge in [0.1, 0.15) is 5.52 Å². The smallest absolute Gasteiger partial charge is 0.227 e. The van der Waals surface area contributed by atoms with E-state index in [1.54, 1.807) is 0 Å². The number of hydrogen-bond acceptors (Lipinski definition) is 4. The Kier molecular flexibility index (Phi) is 3.68. The monoisotopic (exact) mass is 312 g/mol. The van der Waals surface area contributed by atoms with E-state index in [-0.39, 0.29) is 5.11 Å². The summed E-state index contributed by atoms with van der Waals surface area (Å²) in [6.45, 7) is 0. The number of hydrogen-bond donors (Lipinski definition) is 2. The number of nitrogens with one attached hydrogen (secondary N) is 1. The van der Waals surface area contributed by atoms with Crippen LogP contribution in [0.1, 0.15) is 0 Å². The van der Waals surface area contributed by atoms with E-state index in [1.807, 2.05) is 61.5 Å². The maximum atomic E-state index is 5.80. The van der Waals surface area contributed by atoms with Gasteiger partial charge in [-0.1, -0.05) is 0 Å². The average molecular weight is 312 g/mol. The lowest BCUT2D eigenvalue weighted by atomic mass is 10.2. The van der Waals surface area contributed by atoms with Crippen molar-refractivity contribution in [2.45, 2.75) is 0 Å². The van der Waals surface area contributed by atoms with Gasteiger partial charge < -0.3 is 20.4 Å². The Labute approximate surface area is 133 Å². The minimum Gasteiger partial charge on any atom is -0.436 e. The predicted octanol–water partition coefficient (Wildman–Crippen LogP) is 3.22. The zero-order valence-electron chi connectivity index (χ0n) is 12.3. The summed E-state index contributed by atoms with van der Waals surface area (Å²) in [5.74, 6) is 0.591. The van der Waals surface area contributed by atoms with Gasteiger partial charge in [0.15, 0.2) is 10.7 Å². The summed E-state index contributed by atoms with van der Waals surface area (Å²) in [4.78, 5) is 6.57. The molecule has 5 nitrogen and oxygen atoms in total. The van der Waals surface area contributed by atoms with Crippen LogP contribution in [0.25, 0.3) is 22.6 Å². The Morgan fingerprint density at radius 2 is 1.91 bits per heavy atom. The molecule has 3 rings (SSSR count). The molecule has 0 unspecified atom stereocenters. The van der Waals surface area contributed by atoms with Gasteiger partial charge in [-0.3, -0.25) is 0 Å². The third-order valence-corrected chi connectivity index (χ3v) is 3.39. The van der Waals surface area contributed by atoms with E-state index in [0.29, 0.717) is 5.89 Å². The summed E-state index contributed by atoms with van der Waals surface area (Å²) in [5, 5.41) is 3.11. The van der Waals surface area contributed by atoms with Crippen molar-refractivity contribution in [3.8, 4) is 11.5 Å². The fraction of sp³-hybridized carbons (Fsp3) is 0.125. The van der Waals surface area contributed by atoms with Gasteiger partial charge in [-0.15, -0.1) is 0 Å². The van der Waals surface area contributed by atoms with Crippen LogP contribution in [0, 0.1) is 0 Å². The van der Waals surface area contributed by atoms with E-state index in [1.165, 1.54) is 0 Å². The second-order valence-electron chi connectivity index (χ2n) is 5.13. The molecule has 0 aliphatic carbocycles. The minimum atomic E-state index is 0.224. The van der Waals surface area contributed by atoms with Crippen LogP contribution >= 0.6 is 12.2 Å². The summed E-state index contributed by atoms with van der Waals surface area (Å²) in [6, 6.07) is 13.6. The predicted molar refractivity (Wildman–Crippen MR) is 94.2 cm³/mol. The van der Waals surface area contributed by atoms with Crippen LogP contribution in [-0.2, 0) is 0 Å². The first-order valence-electron chi connectivity index (χ1n) is 6.78. The number of thiocarbonyl (C=S) groups is 1. The van der Waals surface area contributed by atoms with Gasteiger partial charge >= 0.3 is 0 Å². The van der Waals surface area contributed by atoms with E-state index in [0.717, 1.165) is 28.0 Å². The standard InChI is InChI=1S/C16H16N4OS/c1-20(2)12-6-3-10(4-7-12)15-19-13-9-11(18-16(17)22)5-8-14(13)21-15/h3-9H,1-2H3,(H3,17,18,22). The van der Waals surface area contributed by atoms with Crippen molar-refractivity contribution in [1.29, 1.82) is 0 Å². The van der Waals surface area contributed by atoms with Crippen molar-refractivity contribution < 1.29 is 4.42 Å². The summed E-state index contributed by atoms with van der Waals surface area (Å²) in [7, 11) is 4.01. The lowest BCUT2D eigenvalue weighted by Gasteiger charge is -2.11. The summed E-state index contributed by atoms with van der Waals surface area (Å²) in [6.07, 6.45) is 0. The van der Waals surface area contributed by atoms with Crippen LogP contribution in [0.3, 0.4) is 0 Å². The van der Waals surface area contributed by atoms with Crippen LogP contribution in [0.2, 0.25) is 0 Å². The number of fused-ring (bicyclic) bond motifs is 1. The van der Waals surface area contributed by atoms with Gasteiger partial charge in [0.05, 0.1) is 0 Å². The summed E-state index contributed by atoms with van der Waals surface area (Å²) < 4.78 is 5.80. The third kappa shape index (κ3) is 2.87. The quantitative estimate of drug-likeness (QED) is 0.724. The number of rotatable bonds is 3. The molecule has 0 amide bonds. The molecule has 1 heterocycles. The van der Waals surface area contributed by atoms with Gasteiger partial charge in [-0.05, 0) is 54.7 Å². The topological polar surface area (TPSA) is 67.3 Å². The number of oxazole rings is 1. The number of aromatic nitrogens is 1. The highest BCUT2D eigenvalue weighted by Crippen LogP contribution is 2.27. The van der Waals surface area contributed by atoms with Crippen LogP contribution in [0.15, 0.2) is 46.9 Å². The van der Waals surface area contributed by atoms with Crippen molar-refractivity contribution in [3.63, 3.8) is 0 Å². The lowest BCUT2D eigenvalue weighted by Crippen LogP contribution is -2.18. The molecule has 3 aromatic rings. The fourth-order valence-electron chi connectivity index (χ4n) is 2.17. The summed E-state index contributed by atoms with van der Waals surface area (Å²) in [5.41, 5.74) is 9.81. The molecule has 1 aromatic heterocycles. The lowest BCUT2D eigenvalue weighted by molar-refractivity contribution is 0.620. The van der Waals surface area contributed by atoms with Gasteiger partial charge in [0.25, 0.3) is 0 Å². The highest BCUT2D eigenvalue weighted by molar-refractivity contribution is 7.80. The molecule has 0 fully saturated rings. The normalized spacial score (nSPS) is 10.6. The second kappa shape index (κ2) is 5.65.